The molecule has 1 aliphatic heterocycles. The third-order valence-corrected chi connectivity index (χ3v) is 8.63. The summed E-state index contributed by atoms with van der Waals surface area (Å²) in [6.45, 7) is 6.30. The van der Waals surface area contributed by atoms with E-state index in [2.05, 4.69) is 20.2 Å². The van der Waals surface area contributed by atoms with E-state index in [0.717, 1.165) is 54.7 Å². The Morgan fingerprint density at radius 3 is 2.43 bits per heavy atom. The minimum Gasteiger partial charge on any atom is -0.438 e. The van der Waals surface area contributed by atoms with Crippen molar-refractivity contribution in [2.45, 2.75) is 44.2 Å². The largest absolute Gasteiger partial charge is 0.438 e. The van der Waals surface area contributed by atoms with Gasteiger partial charge in [-0.1, -0.05) is 12.1 Å². The van der Waals surface area contributed by atoms with Crippen LogP contribution in [0, 0.1) is 31.1 Å². The monoisotopic (exact) mass is 612 g/mol. The number of ether oxygens (including phenoxy) is 1. The number of likely N-dealkylation sites (tertiary alicyclic amines) is 1. The van der Waals surface area contributed by atoms with Crippen LogP contribution in [0.5, 0.6) is 11.6 Å². The molecule has 0 amide bonds. The van der Waals surface area contributed by atoms with Crippen LogP contribution in [-0.4, -0.2) is 53.7 Å². The minimum absolute atomic E-state index is 0.144. The minimum atomic E-state index is -3.21. The Bertz CT molecular complexity index is 1810. The van der Waals surface area contributed by atoms with Crippen LogP contribution in [0.3, 0.4) is 0 Å². The number of allylic oxidation sites excluding steroid dienone is 1. The first kappa shape index (κ1) is 30.8. The summed E-state index contributed by atoms with van der Waals surface area (Å²) in [6, 6.07) is 16.1. The average molecular weight is 613 g/mol. The molecule has 0 aliphatic carbocycles. The van der Waals surface area contributed by atoms with Crippen LogP contribution in [0.15, 0.2) is 71.9 Å². The Morgan fingerprint density at radius 2 is 1.80 bits per heavy atom. The van der Waals surface area contributed by atoms with Gasteiger partial charge in [-0.2, -0.15) is 14.6 Å². The molecule has 1 aliphatic rings. The van der Waals surface area contributed by atoms with E-state index in [1.54, 1.807) is 30.5 Å². The summed E-state index contributed by atoms with van der Waals surface area (Å²) in [6.07, 6.45) is 9.13. The summed E-state index contributed by atoms with van der Waals surface area (Å²) in [5.41, 5.74) is 4.74. The maximum absolute atomic E-state index is 14.0. The van der Waals surface area contributed by atoms with Crippen molar-refractivity contribution in [1.29, 1.82) is 5.26 Å². The van der Waals surface area contributed by atoms with Gasteiger partial charge in [0.05, 0.1) is 16.5 Å². The first-order valence-electron chi connectivity index (χ1n) is 14.2. The van der Waals surface area contributed by atoms with E-state index in [-0.39, 0.29) is 11.9 Å². The van der Waals surface area contributed by atoms with Gasteiger partial charge in [0, 0.05) is 56.5 Å². The van der Waals surface area contributed by atoms with Crippen LogP contribution in [0.2, 0.25) is 0 Å². The zero-order valence-corrected chi connectivity index (χ0v) is 25.6. The van der Waals surface area contributed by atoms with Crippen molar-refractivity contribution in [2.75, 3.05) is 24.7 Å². The number of nitriles is 1. The molecule has 2 aromatic heterocycles. The van der Waals surface area contributed by atoms with E-state index in [1.165, 1.54) is 24.6 Å². The average Bonchev–Trinajstić information content (AvgIpc) is 2.99. The van der Waals surface area contributed by atoms with Gasteiger partial charge in [0.2, 0.25) is 17.8 Å². The Morgan fingerprint density at radius 1 is 1.09 bits per heavy atom. The lowest BCUT2D eigenvalue weighted by molar-refractivity contribution is 0.211. The number of nitrogens with zero attached hydrogens (tertiary/aromatic N) is 5. The molecule has 0 unspecified atom stereocenters. The maximum Gasteiger partial charge on any atom is 0.231 e. The van der Waals surface area contributed by atoms with Crippen molar-refractivity contribution < 1.29 is 17.5 Å². The smallest absolute Gasteiger partial charge is 0.231 e. The number of benzene rings is 2. The molecule has 5 rings (SSSR count). The van der Waals surface area contributed by atoms with E-state index < -0.39 is 15.8 Å². The molecule has 3 heterocycles. The standard InChI is InChI=1S/C33H33FN6O3S/c1-22-17-25(5-4-13-35)18-23(2)31(22)43-32-29(26-10-14-36-30(34)19-26)20-37-33(39-32)38-27-11-15-40(16-12-27)21-24-6-8-28(9-7-24)44(3,41)42/h4-10,14,17-20,27H,11-12,15-16,21H2,1-3H3,(H,37,38,39)/b5-4+. The number of rotatable bonds is 9. The highest BCUT2D eigenvalue weighted by molar-refractivity contribution is 7.90. The first-order valence-corrected chi connectivity index (χ1v) is 16.1. The molecule has 0 spiro atoms. The lowest BCUT2D eigenvalue weighted by Gasteiger charge is -2.32. The third kappa shape index (κ3) is 7.64. The number of piperidine rings is 1. The topological polar surface area (TPSA) is 121 Å². The normalized spacial score (nSPS) is 14.4. The maximum atomic E-state index is 14.0. The first-order chi connectivity index (χ1) is 21.1. The van der Waals surface area contributed by atoms with Crippen LogP contribution in [0.4, 0.5) is 10.3 Å². The second-order valence-electron chi connectivity index (χ2n) is 10.9. The number of anilines is 1. The molecule has 0 bridgehead atoms. The van der Waals surface area contributed by atoms with Gasteiger partial charge in [-0.05, 0) is 90.9 Å². The highest BCUT2D eigenvalue weighted by atomic mass is 32.2. The van der Waals surface area contributed by atoms with Gasteiger partial charge in [-0.3, -0.25) is 4.90 Å². The Labute approximate surface area is 257 Å². The molecular formula is C33H33FN6O3S. The molecule has 1 fully saturated rings. The molecule has 9 nitrogen and oxygen atoms in total. The number of halogens is 1. The van der Waals surface area contributed by atoms with Crippen LogP contribution in [-0.2, 0) is 16.4 Å². The van der Waals surface area contributed by atoms with Crippen molar-refractivity contribution in [3.8, 4) is 28.8 Å². The van der Waals surface area contributed by atoms with Crippen LogP contribution < -0.4 is 10.1 Å². The van der Waals surface area contributed by atoms with Gasteiger partial charge in [0.25, 0.3) is 0 Å². The van der Waals surface area contributed by atoms with Crippen molar-refractivity contribution >= 4 is 21.9 Å². The summed E-state index contributed by atoms with van der Waals surface area (Å²) in [4.78, 5) is 15.6. The second-order valence-corrected chi connectivity index (χ2v) is 13.0. The zero-order valence-electron chi connectivity index (χ0n) is 24.8. The van der Waals surface area contributed by atoms with E-state index in [1.807, 2.05) is 44.2 Å². The summed E-state index contributed by atoms with van der Waals surface area (Å²) >= 11 is 0. The molecule has 0 atom stereocenters. The fraction of sp³-hybridized carbons (Fsp3) is 0.273. The van der Waals surface area contributed by atoms with Crippen molar-refractivity contribution in [1.82, 2.24) is 19.9 Å². The number of nitrogens with one attached hydrogen (secondary N) is 1. The van der Waals surface area contributed by atoms with Crippen LogP contribution >= 0.6 is 0 Å². The third-order valence-electron chi connectivity index (χ3n) is 7.50. The van der Waals surface area contributed by atoms with Crippen LogP contribution in [0.25, 0.3) is 17.2 Å². The van der Waals surface area contributed by atoms with Crippen molar-refractivity contribution in [3.05, 3.63) is 95.2 Å². The van der Waals surface area contributed by atoms with Gasteiger partial charge in [0.15, 0.2) is 9.84 Å². The molecule has 11 heteroatoms. The van der Waals surface area contributed by atoms with Crippen LogP contribution in [0.1, 0.15) is 35.1 Å². The predicted molar refractivity (Wildman–Crippen MR) is 167 cm³/mol. The number of sulfone groups is 1. The summed E-state index contributed by atoms with van der Waals surface area (Å²) in [5, 5.41) is 12.3. The van der Waals surface area contributed by atoms with Gasteiger partial charge >= 0.3 is 0 Å². The molecule has 4 aromatic rings. The quantitative estimate of drug-likeness (QED) is 0.176. The van der Waals surface area contributed by atoms with E-state index in [0.29, 0.717) is 27.7 Å². The van der Waals surface area contributed by atoms with Crippen molar-refractivity contribution in [2.24, 2.45) is 0 Å². The fourth-order valence-electron chi connectivity index (χ4n) is 5.27. The van der Waals surface area contributed by atoms with Gasteiger partial charge < -0.3 is 10.1 Å². The summed E-state index contributed by atoms with van der Waals surface area (Å²) in [5.74, 6) is 0.707. The summed E-state index contributed by atoms with van der Waals surface area (Å²) < 4.78 is 43.9. The number of hydrogen-bond acceptors (Lipinski definition) is 9. The molecule has 2 aromatic carbocycles. The molecule has 226 valence electrons. The number of aryl methyl sites for hydroxylation is 2. The molecule has 1 N–H and O–H groups in total. The molecule has 1 saturated heterocycles. The highest BCUT2D eigenvalue weighted by Gasteiger charge is 2.22. The van der Waals surface area contributed by atoms with Gasteiger partial charge in [-0.25, -0.2) is 18.4 Å². The lowest BCUT2D eigenvalue weighted by Crippen LogP contribution is -2.39. The molecular weight excluding hydrogens is 579 g/mol. The van der Waals surface area contributed by atoms with E-state index >= 15 is 0 Å². The van der Waals surface area contributed by atoms with E-state index in [4.69, 9.17) is 15.0 Å². The van der Waals surface area contributed by atoms with Crippen molar-refractivity contribution in [3.63, 3.8) is 0 Å². The number of pyridine rings is 1. The van der Waals surface area contributed by atoms with Gasteiger partial charge in [-0.15, -0.1) is 0 Å². The molecule has 0 saturated carbocycles. The lowest BCUT2D eigenvalue weighted by atomic mass is 10.0. The Balaban J connectivity index is 1.32. The fourth-order valence-corrected chi connectivity index (χ4v) is 5.90. The number of hydrogen-bond donors (Lipinski definition) is 1. The summed E-state index contributed by atoms with van der Waals surface area (Å²) in [7, 11) is -3.21. The molecule has 0 radical (unpaired) electrons. The van der Waals surface area contributed by atoms with Gasteiger partial charge in [0.1, 0.15) is 5.75 Å². The predicted octanol–water partition coefficient (Wildman–Crippen LogP) is 6.10. The SMILES string of the molecule is Cc1cc(/C=C/C#N)cc(C)c1Oc1nc(NC2CCN(Cc3ccc(S(C)(=O)=O)cc3)CC2)ncc1-c1ccnc(F)c1. The second kappa shape index (κ2) is 13.3. The Hall–Kier alpha value is -4.66. The van der Waals surface area contributed by atoms with E-state index in [9.17, 15) is 12.8 Å². The highest BCUT2D eigenvalue weighted by Crippen LogP contribution is 2.36. The Kier molecular flexibility index (Phi) is 9.32. The number of aromatic nitrogens is 3. The zero-order chi connectivity index (χ0) is 31.3. The molecule has 44 heavy (non-hydrogen) atoms.